The van der Waals surface area contributed by atoms with Crippen LogP contribution in [-0.2, 0) is 0 Å². The summed E-state index contributed by atoms with van der Waals surface area (Å²) in [5.41, 5.74) is 6.25. The van der Waals surface area contributed by atoms with Crippen LogP contribution < -0.4 is 9.68 Å². The first-order chi connectivity index (χ1) is 16.7. The molecule has 0 amide bonds. The summed E-state index contributed by atoms with van der Waals surface area (Å²) in [7, 11) is 0. The van der Waals surface area contributed by atoms with Crippen LogP contribution in [0.2, 0.25) is 0 Å². The van der Waals surface area contributed by atoms with E-state index >= 15 is 0 Å². The van der Waals surface area contributed by atoms with E-state index in [1.165, 1.54) is 0 Å². The van der Waals surface area contributed by atoms with Crippen molar-refractivity contribution in [3.8, 4) is 22.3 Å². The quantitative estimate of drug-likeness (QED) is 0.373. The van der Waals surface area contributed by atoms with Crippen molar-refractivity contribution < 1.29 is 14.5 Å². The average molecular weight is 448 g/mol. The van der Waals surface area contributed by atoms with Gasteiger partial charge in [0.2, 0.25) is 0 Å². The molecule has 0 N–H and O–H groups in total. The van der Waals surface area contributed by atoms with E-state index in [-0.39, 0.29) is 0 Å². The third-order valence-electron chi connectivity index (χ3n) is 5.37. The first-order valence-corrected chi connectivity index (χ1v) is 10.5. The maximum Gasteiger partial charge on any atom is 0.562 e. The zero-order valence-corrected chi connectivity index (χ0v) is 17.6. The first-order valence-electron chi connectivity index (χ1n) is 10.5. The first kappa shape index (κ1) is 19.6. The highest BCUT2D eigenvalue weighted by atomic mass is 16.9. The summed E-state index contributed by atoms with van der Waals surface area (Å²) < 4.78 is 0. The van der Waals surface area contributed by atoms with E-state index in [0.717, 1.165) is 31.9 Å². The van der Waals surface area contributed by atoms with Gasteiger partial charge in [0.05, 0.1) is 0 Å². The molecule has 2 aromatic heterocycles. The Morgan fingerprint density at radius 3 is 1.44 bits per heavy atom. The molecule has 0 unspecified atom stereocenters. The molecule has 164 valence electrons. The maximum absolute atomic E-state index is 12.4. The second-order valence-corrected chi connectivity index (χ2v) is 7.50. The lowest BCUT2D eigenvalue weighted by atomic mass is 10.1. The lowest BCUT2D eigenvalue weighted by Gasteiger charge is -2.05. The number of carbonyl (C=O) groups is 1. The molecular formula is C25H16N6O3. The Balaban J connectivity index is 1.21. The molecule has 0 radical (unpaired) electrons. The SMILES string of the molecule is O=C(On1nnc2cc(-c3ccccc3)ccc21)On1nnc2cc(-c3ccccc3)ccc21. The fraction of sp³-hybridized carbons (Fsp3) is 0. The number of benzene rings is 4. The number of hydrogen-bond acceptors (Lipinski definition) is 7. The Labute approximate surface area is 192 Å². The van der Waals surface area contributed by atoms with Crippen molar-refractivity contribution in [3.05, 3.63) is 97.1 Å². The minimum absolute atomic E-state index is 0.521. The Hall–Kier alpha value is -5.05. The molecule has 4 aromatic carbocycles. The number of fused-ring (bicyclic) bond motifs is 2. The van der Waals surface area contributed by atoms with Gasteiger partial charge in [-0.15, -0.1) is 10.2 Å². The maximum atomic E-state index is 12.4. The van der Waals surface area contributed by atoms with Crippen molar-refractivity contribution in [3.63, 3.8) is 0 Å². The monoisotopic (exact) mass is 448 g/mol. The molecule has 0 bridgehead atoms. The largest absolute Gasteiger partial charge is 0.562 e. The van der Waals surface area contributed by atoms with Crippen molar-refractivity contribution in [2.45, 2.75) is 0 Å². The van der Waals surface area contributed by atoms with E-state index < -0.39 is 6.16 Å². The van der Waals surface area contributed by atoms with E-state index in [4.69, 9.17) is 9.68 Å². The minimum atomic E-state index is -1.03. The van der Waals surface area contributed by atoms with Crippen molar-refractivity contribution >= 4 is 28.2 Å². The summed E-state index contributed by atoms with van der Waals surface area (Å²) in [6, 6.07) is 30.9. The van der Waals surface area contributed by atoms with Gasteiger partial charge in [0, 0.05) is 0 Å². The topological polar surface area (TPSA) is 97.0 Å². The zero-order chi connectivity index (χ0) is 22.9. The Bertz CT molecular complexity index is 1510. The van der Waals surface area contributed by atoms with E-state index in [9.17, 15) is 4.79 Å². The van der Waals surface area contributed by atoms with Crippen LogP contribution in [0.25, 0.3) is 44.3 Å². The molecule has 0 spiro atoms. The summed E-state index contributed by atoms with van der Waals surface area (Å²) in [4.78, 5) is 24.9. The third kappa shape index (κ3) is 3.61. The highest BCUT2D eigenvalue weighted by Crippen LogP contribution is 2.24. The Morgan fingerprint density at radius 2 is 1.00 bits per heavy atom. The highest BCUT2D eigenvalue weighted by Gasteiger charge is 2.16. The average Bonchev–Trinajstić information content (AvgIpc) is 3.48. The summed E-state index contributed by atoms with van der Waals surface area (Å²) >= 11 is 0. The minimum Gasteiger partial charge on any atom is -0.280 e. The molecule has 0 aliphatic rings. The van der Waals surface area contributed by atoms with Crippen molar-refractivity contribution in [1.82, 2.24) is 30.3 Å². The number of rotatable bonds is 4. The van der Waals surface area contributed by atoms with Gasteiger partial charge < -0.3 is 0 Å². The normalized spacial score (nSPS) is 11.1. The van der Waals surface area contributed by atoms with Gasteiger partial charge in [-0.25, -0.2) is 0 Å². The van der Waals surface area contributed by atoms with Gasteiger partial charge in [-0.05, 0) is 56.9 Å². The lowest BCUT2D eigenvalue weighted by molar-refractivity contribution is 0.0262. The number of nitrogens with zero attached hydrogens (tertiary/aromatic N) is 6. The molecule has 0 fully saturated rings. The van der Waals surface area contributed by atoms with Crippen LogP contribution in [0.15, 0.2) is 97.1 Å². The van der Waals surface area contributed by atoms with Crippen molar-refractivity contribution in [1.29, 1.82) is 0 Å². The summed E-state index contributed by atoms with van der Waals surface area (Å²) in [5.74, 6) is 0. The van der Waals surface area contributed by atoms with Crippen LogP contribution in [0, 0.1) is 0 Å². The fourth-order valence-electron chi connectivity index (χ4n) is 3.72. The fourth-order valence-corrected chi connectivity index (χ4v) is 3.72. The number of aromatic nitrogens is 6. The van der Waals surface area contributed by atoms with Gasteiger partial charge in [-0.1, -0.05) is 82.5 Å². The molecule has 6 aromatic rings. The Morgan fingerprint density at radius 1 is 0.559 bits per heavy atom. The summed E-state index contributed by atoms with van der Waals surface area (Å²) in [5, 5.41) is 16.0. The van der Waals surface area contributed by atoms with Crippen molar-refractivity contribution in [2.24, 2.45) is 0 Å². The van der Waals surface area contributed by atoms with Gasteiger partial charge >= 0.3 is 6.16 Å². The van der Waals surface area contributed by atoms with Gasteiger partial charge in [-0.2, -0.15) is 4.79 Å². The molecule has 9 nitrogen and oxygen atoms in total. The van der Waals surface area contributed by atoms with Crippen LogP contribution in [0.1, 0.15) is 0 Å². The van der Waals surface area contributed by atoms with Crippen LogP contribution in [0.4, 0.5) is 4.79 Å². The molecule has 34 heavy (non-hydrogen) atoms. The molecule has 9 heteroatoms. The summed E-state index contributed by atoms with van der Waals surface area (Å²) in [6.07, 6.45) is -1.03. The molecule has 2 heterocycles. The van der Waals surface area contributed by atoms with Gasteiger partial charge in [0.1, 0.15) is 22.1 Å². The predicted molar refractivity (Wildman–Crippen MR) is 124 cm³/mol. The Kier molecular flexibility index (Phi) is 4.70. The summed E-state index contributed by atoms with van der Waals surface area (Å²) in [6.45, 7) is 0. The van der Waals surface area contributed by atoms with Crippen LogP contribution in [-0.4, -0.2) is 36.5 Å². The molecular weight excluding hydrogens is 432 g/mol. The molecule has 6 rings (SSSR count). The molecule has 0 saturated heterocycles. The van der Waals surface area contributed by atoms with Crippen molar-refractivity contribution in [2.75, 3.05) is 0 Å². The van der Waals surface area contributed by atoms with Crippen LogP contribution in [0.5, 0.6) is 0 Å². The second-order valence-electron chi connectivity index (χ2n) is 7.50. The smallest absolute Gasteiger partial charge is 0.280 e. The zero-order valence-electron chi connectivity index (χ0n) is 17.6. The van der Waals surface area contributed by atoms with Gasteiger partial charge in [0.15, 0.2) is 0 Å². The van der Waals surface area contributed by atoms with E-state index in [1.807, 2.05) is 84.9 Å². The van der Waals surface area contributed by atoms with Gasteiger partial charge in [0.25, 0.3) is 0 Å². The number of carbonyl (C=O) groups excluding carboxylic acids is 1. The van der Waals surface area contributed by atoms with E-state index in [0.29, 0.717) is 22.1 Å². The second kappa shape index (κ2) is 8.14. The van der Waals surface area contributed by atoms with Crippen LogP contribution >= 0.6 is 0 Å². The molecule has 0 atom stereocenters. The molecule has 0 aliphatic carbocycles. The third-order valence-corrected chi connectivity index (χ3v) is 5.37. The van der Waals surface area contributed by atoms with Gasteiger partial charge in [-0.3, -0.25) is 9.68 Å². The highest BCUT2D eigenvalue weighted by molar-refractivity contribution is 5.83. The molecule has 0 saturated carbocycles. The molecule has 0 aliphatic heterocycles. The van der Waals surface area contributed by atoms with E-state index in [1.54, 1.807) is 12.1 Å². The standard InChI is InChI=1S/C25H16N6O3/c32-25(33-30-23-13-11-19(15-21(23)26-28-30)17-7-3-1-4-8-17)34-31-24-14-12-20(16-22(24)27-29-31)18-9-5-2-6-10-18/h1-16H. The predicted octanol–water partition coefficient (Wildman–Crippen LogP) is 4.19. The van der Waals surface area contributed by atoms with Crippen LogP contribution in [0.3, 0.4) is 0 Å². The lowest BCUT2D eigenvalue weighted by Crippen LogP contribution is -2.30. The van der Waals surface area contributed by atoms with E-state index in [2.05, 4.69) is 20.6 Å². The number of hydrogen-bond donors (Lipinski definition) is 0.